The lowest BCUT2D eigenvalue weighted by molar-refractivity contribution is -0.115. The lowest BCUT2D eigenvalue weighted by Gasteiger charge is -2.14. The van der Waals surface area contributed by atoms with Crippen molar-refractivity contribution in [2.24, 2.45) is 4.99 Å². The monoisotopic (exact) mass is 443 g/mol. The first-order chi connectivity index (χ1) is 13.9. The zero-order chi connectivity index (χ0) is 20.8. The fourth-order valence-corrected chi connectivity index (χ4v) is 3.79. The molecule has 0 unspecified atom stereocenters. The van der Waals surface area contributed by atoms with E-state index in [1.54, 1.807) is 30.6 Å². The average Bonchev–Trinajstić information content (AvgIpc) is 2.71. The van der Waals surface area contributed by atoms with Crippen molar-refractivity contribution in [2.45, 2.75) is 24.0 Å². The van der Waals surface area contributed by atoms with E-state index in [0.29, 0.717) is 15.9 Å². The van der Waals surface area contributed by atoms with Gasteiger partial charge in [0.05, 0.1) is 10.9 Å². The quantitative estimate of drug-likeness (QED) is 0.266. The van der Waals surface area contributed by atoms with Gasteiger partial charge in [0, 0.05) is 33.6 Å². The lowest BCUT2D eigenvalue weighted by Crippen LogP contribution is -2.22. The standard InChI is InChI=1S/C22H19Cl2N3OS/c1-14-9-10-17(23)12-19(14)27-22(28)15(2)29-20-8-4-3-7-18(20)26-13-16-6-5-11-25-21(16)24/h3-13,15H,1-2H3,(H,27,28)/t15-/m1/s1. The molecule has 1 atom stereocenters. The Morgan fingerprint density at radius 3 is 2.76 bits per heavy atom. The highest BCUT2D eigenvalue weighted by Crippen LogP contribution is 2.33. The molecule has 0 aliphatic carbocycles. The molecule has 0 spiro atoms. The van der Waals surface area contributed by atoms with E-state index in [4.69, 9.17) is 23.2 Å². The third kappa shape index (κ3) is 5.82. The Morgan fingerprint density at radius 2 is 1.97 bits per heavy atom. The Bertz CT molecular complexity index is 1060. The zero-order valence-electron chi connectivity index (χ0n) is 15.9. The molecule has 0 bridgehead atoms. The van der Waals surface area contributed by atoms with Gasteiger partial charge in [0.2, 0.25) is 5.91 Å². The number of nitrogens with zero attached hydrogens (tertiary/aromatic N) is 2. The number of rotatable bonds is 6. The second-order valence-corrected chi connectivity index (χ2v) is 8.50. The molecular formula is C22H19Cl2N3OS. The van der Waals surface area contributed by atoms with Crippen molar-refractivity contribution in [1.29, 1.82) is 0 Å². The minimum Gasteiger partial charge on any atom is -0.325 e. The van der Waals surface area contributed by atoms with Crippen LogP contribution < -0.4 is 5.32 Å². The summed E-state index contributed by atoms with van der Waals surface area (Å²) in [7, 11) is 0. The van der Waals surface area contributed by atoms with Gasteiger partial charge in [-0.15, -0.1) is 11.8 Å². The first-order valence-corrected chi connectivity index (χ1v) is 10.5. The second kappa shape index (κ2) is 9.92. The summed E-state index contributed by atoms with van der Waals surface area (Å²) in [6.45, 7) is 3.79. The Hall–Kier alpha value is -2.34. The number of nitrogens with one attached hydrogen (secondary N) is 1. The molecule has 7 heteroatoms. The maximum Gasteiger partial charge on any atom is 0.237 e. The molecule has 2 aromatic carbocycles. The van der Waals surface area contributed by atoms with Crippen LogP contribution >= 0.6 is 35.0 Å². The highest BCUT2D eigenvalue weighted by molar-refractivity contribution is 8.00. The summed E-state index contributed by atoms with van der Waals surface area (Å²) in [6, 6.07) is 16.7. The summed E-state index contributed by atoms with van der Waals surface area (Å²) < 4.78 is 0. The molecule has 29 heavy (non-hydrogen) atoms. The number of aryl methyl sites for hydroxylation is 1. The normalized spacial score (nSPS) is 12.1. The van der Waals surface area contributed by atoms with E-state index in [-0.39, 0.29) is 11.2 Å². The number of aromatic nitrogens is 1. The number of benzene rings is 2. The van der Waals surface area contributed by atoms with Crippen molar-refractivity contribution in [3.8, 4) is 0 Å². The van der Waals surface area contributed by atoms with E-state index >= 15 is 0 Å². The summed E-state index contributed by atoms with van der Waals surface area (Å²) in [5, 5.41) is 3.60. The van der Waals surface area contributed by atoms with Gasteiger partial charge in [-0.25, -0.2) is 4.98 Å². The topological polar surface area (TPSA) is 54.4 Å². The minimum absolute atomic E-state index is 0.102. The van der Waals surface area contributed by atoms with Crippen LogP contribution in [0.15, 0.2) is 70.7 Å². The zero-order valence-corrected chi connectivity index (χ0v) is 18.2. The molecule has 148 valence electrons. The molecule has 0 aliphatic heterocycles. The Morgan fingerprint density at radius 1 is 1.17 bits per heavy atom. The number of aliphatic imine (C=N–C) groups is 1. The molecule has 0 saturated heterocycles. The molecule has 0 radical (unpaired) electrons. The van der Waals surface area contributed by atoms with Crippen LogP contribution in [0.4, 0.5) is 11.4 Å². The molecule has 4 nitrogen and oxygen atoms in total. The van der Waals surface area contributed by atoms with E-state index in [2.05, 4.69) is 15.3 Å². The lowest BCUT2D eigenvalue weighted by atomic mass is 10.2. The van der Waals surface area contributed by atoms with Crippen molar-refractivity contribution in [1.82, 2.24) is 4.98 Å². The molecule has 1 heterocycles. The maximum atomic E-state index is 12.7. The number of para-hydroxylation sites is 1. The summed E-state index contributed by atoms with van der Waals surface area (Å²) >= 11 is 13.6. The molecule has 1 N–H and O–H groups in total. The summed E-state index contributed by atoms with van der Waals surface area (Å²) in [5.41, 5.74) is 3.16. The van der Waals surface area contributed by atoms with Gasteiger partial charge < -0.3 is 5.32 Å². The van der Waals surface area contributed by atoms with Gasteiger partial charge in [0.25, 0.3) is 0 Å². The largest absolute Gasteiger partial charge is 0.325 e. The van der Waals surface area contributed by atoms with Gasteiger partial charge in [-0.05, 0) is 55.8 Å². The maximum absolute atomic E-state index is 12.7. The van der Waals surface area contributed by atoms with Gasteiger partial charge in [-0.2, -0.15) is 0 Å². The van der Waals surface area contributed by atoms with E-state index in [0.717, 1.165) is 21.7 Å². The first-order valence-electron chi connectivity index (χ1n) is 8.91. The van der Waals surface area contributed by atoms with Gasteiger partial charge in [0.1, 0.15) is 5.15 Å². The van der Waals surface area contributed by atoms with Crippen LogP contribution in [0, 0.1) is 6.92 Å². The van der Waals surface area contributed by atoms with Crippen LogP contribution in [0.25, 0.3) is 0 Å². The number of anilines is 1. The first kappa shape index (κ1) is 21.4. The number of carbonyl (C=O) groups is 1. The number of hydrogen-bond acceptors (Lipinski definition) is 4. The third-order valence-corrected chi connectivity index (χ3v) is 5.84. The van der Waals surface area contributed by atoms with Crippen molar-refractivity contribution in [2.75, 3.05) is 5.32 Å². The predicted octanol–water partition coefficient (Wildman–Crippen LogP) is 6.57. The number of carbonyl (C=O) groups excluding carboxylic acids is 1. The van der Waals surface area contributed by atoms with Crippen LogP contribution in [0.3, 0.4) is 0 Å². The molecule has 3 aromatic rings. The second-order valence-electron chi connectivity index (χ2n) is 6.32. The summed E-state index contributed by atoms with van der Waals surface area (Å²) in [5.74, 6) is -0.102. The summed E-state index contributed by atoms with van der Waals surface area (Å²) in [4.78, 5) is 22.2. The number of halogens is 2. The molecule has 0 fully saturated rings. The van der Waals surface area contributed by atoms with Gasteiger partial charge >= 0.3 is 0 Å². The highest BCUT2D eigenvalue weighted by atomic mass is 35.5. The fraction of sp³-hybridized carbons (Fsp3) is 0.136. The minimum atomic E-state index is -0.327. The highest BCUT2D eigenvalue weighted by Gasteiger charge is 2.17. The van der Waals surface area contributed by atoms with Crippen molar-refractivity contribution in [3.63, 3.8) is 0 Å². The van der Waals surface area contributed by atoms with Gasteiger partial charge in [0.15, 0.2) is 0 Å². The molecule has 1 amide bonds. The van der Waals surface area contributed by atoms with Gasteiger partial charge in [-0.3, -0.25) is 9.79 Å². The predicted molar refractivity (Wildman–Crippen MR) is 123 cm³/mol. The smallest absolute Gasteiger partial charge is 0.237 e. The number of amides is 1. The SMILES string of the molecule is Cc1ccc(Cl)cc1NC(=O)[C@@H](C)Sc1ccccc1N=Cc1cccnc1Cl. The van der Waals surface area contributed by atoms with E-state index < -0.39 is 0 Å². The molecule has 1 aromatic heterocycles. The summed E-state index contributed by atoms with van der Waals surface area (Å²) in [6.07, 6.45) is 3.31. The van der Waals surface area contributed by atoms with Crippen molar-refractivity contribution < 1.29 is 4.79 Å². The van der Waals surface area contributed by atoms with Crippen LogP contribution in [-0.4, -0.2) is 22.4 Å². The van der Waals surface area contributed by atoms with Crippen molar-refractivity contribution in [3.05, 3.63) is 82.1 Å². The molecule has 3 rings (SSSR count). The van der Waals surface area contributed by atoms with E-state index in [9.17, 15) is 4.79 Å². The van der Waals surface area contributed by atoms with Crippen LogP contribution in [0.1, 0.15) is 18.1 Å². The number of pyridine rings is 1. The number of thioether (sulfide) groups is 1. The van der Waals surface area contributed by atoms with Crippen molar-refractivity contribution >= 4 is 58.5 Å². The molecule has 0 saturated carbocycles. The Labute approximate surface area is 184 Å². The van der Waals surface area contributed by atoms with Crippen LogP contribution in [-0.2, 0) is 4.79 Å². The van der Waals surface area contributed by atoms with E-state index in [1.807, 2.05) is 50.2 Å². The van der Waals surface area contributed by atoms with Crippen LogP contribution in [0.2, 0.25) is 10.2 Å². The third-order valence-electron chi connectivity index (χ3n) is 4.13. The van der Waals surface area contributed by atoms with Crippen LogP contribution in [0.5, 0.6) is 0 Å². The Balaban J connectivity index is 1.74. The van der Waals surface area contributed by atoms with E-state index in [1.165, 1.54) is 11.8 Å². The molecule has 0 aliphatic rings. The Kier molecular flexibility index (Phi) is 7.31. The fourth-order valence-electron chi connectivity index (χ4n) is 2.50. The van der Waals surface area contributed by atoms with Gasteiger partial charge in [-0.1, -0.05) is 41.4 Å². The average molecular weight is 444 g/mol. The molecular weight excluding hydrogens is 425 g/mol. The number of hydrogen-bond donors (Lipinski definition) is 1.